The molecule has 0 unspecified atom stereocenters. The smallest absolute Gasteiger partial charge is 0.262 e. The summed E-state index contributed by atoms with van der Waals surface area (Å²) in [5.74, 6) is -0.973. The zero-order valence-electron chi connectivity index (χ0n) is 16.7. The van der Waals surface area contributed by atoms with Crippen LogP contribution in [-0.4, -0.2) is 25.5 Å². The number of benzene rings is 3. The van der Waals surface area contributed by atoms with E-state index in [2.05, 4.69) is 10.6 Å². The van der Waals surface area contributed by atoms with E-state index in [1.165, 1.54) is 31.4 Å². The van der Waals surface area contributed by atoms with Crippen LogP contribution in [0.1, 0.15) is 15.9 Å². The van der Waals surface area contributed by atoms with E-state index in [9.17, 15) is 18.4 Å². The fourth-order valence-electron chi connectivity index (χ4n) is 2.71. The van der Waals surface area contributed by atoms with Crippen LogP contribution in [0.3, 0.4) is 0 Å². The fourth-order valence-corrected chi connectivity index (χ4v) is 2.71. The van der Waals surface area contributed by atoms with Crippen LogP contribution in [0.2, 0.25) is 0 Å². The lowest BCUT2D eigenvalue weighted by Crippen LogP contribution is -2.23. The lowest BCUT2D eigenvalue weighted by Gasteiger charge is -2.10. The molecule has 0 spiro atoms. The van der Waals surface area contributed by atoms with Gasteiger partial charge in [-0.2, -0.15) is 0 Å². The molecule has 0 atom stereocenters. The Hall–Kier alpha value is -3.94. The normalized spacial score (nSPS) is 10.3. The standard InChI is InChI=1S/C23H20F2N2O4/c1-30-20-4-2-3-18(12-20)27-22(28)14-31-19-8-5-15(6-9-19)23(29)26-13-16-11-17(24)7-10-21(16)25/h2-12H,13-14H2,1H3,(H,26,29)(H,27,28). The zero-order valence-corrected chi connectivity index (χ0v) is 16.7. The molecule has 0 aliphatic rings. The van der Waals surface area contributed by atoms with Gasteiger partial charge in [0.05, 0.1) is 7.11 Å². The van der Waals surface area contributed by atoms with Gasteiger partial charge < -0.3 is 20.1 Å². The average Bonchev–Trinajstić information content (AvgIpc) is 2.78. The van der Waals surface area contributed by atoms with E-state index >= 15 is 0 Å². The topological polar surface area (TPSA) is 76.7 Å². The molecule has 0 aliphatic heterocycles. The second kappa shape index (κ2) is 10.2. The van der Waals surface area contributed by atoms with Crippen LogP contribution < -0.4 is 20.1 Å². The summed E-state index contributed by atoms with van der Waals surface area (Å²) >= 11 is 0. The lowest BCUT2D eigenvalue weighted by molar-refractivity contribution is -0.118. The summed E-state index contributed by atoms with van der Waals surface area (Å²) in [5, 5.41) is 5.22. The highest BCUT2D eigenvalue weighted by Crippen LogP contribution is 2.17. The molecule has 0 saturated carbocycles. The van der Waals surface area contributed by atoms with Crippen molar-refractivity contribution in [3.8, 4) is 11.5 Å². The monoisotopic (exact) mass is 426 g/mol. The van der Waals surface area contributed by atoms with E-state index in [4.69, 9.17) is 9.47 Å². The number of hydrogen-bond acceptors (Lipinski definition) is 4. The molecule has 31 heavy (non-hydrogen) atoms. The zero-order chi connectivity index (χ0) is 22.2. The molecule has 0 fully saturated rings. The molecular formula is C23H20F2N2O4. The summed E-state index contributed by atoms with van der Waals surface area (Å²) in [6.45, 7) is -0.368. The Morgan fingerprint density at radius 1 is 0.935 bits per heavy atom. The first-order valence-electron chi connectivity index (χ1n) is 9.33. The molecule has 3 aromatic carbocycles. The summed E-state index contributed by atoms with van der Waals surface area (Å²) in [7, 11) is 1.54. The van der Waals surface area contributed by atoms with E-state index < -0.39 is 17.5 Å². The van der Waals surface area contributed by atoms with Crippen LogP contribution in [0.4, 0.5) is 14.5 Å². The second-order valence-electron chi connectivity index (χ2n) is 6.51. The van der Waals surface area contributed by atoms with Crippen LogP contribution in [-0.2, 0) is 11.3 Å². The summed E-state index contributed by atoms with van der Waals surface area (Å²) in [5.41, 5.74) is 0.940. The highest BCUT2D eigenvalue weighted by Gasteiger charge is 2.10. The van der Waals surface area contributed by atoms with Gasteiger partial charge in [0, 0.05) is 29.4 Å². The number of hydrogen-bond donors (Lipinski definition) is 2. The number of ether oxygens (including phenoxy) is 2. The van der Waals surface area contributed by atoms with Crippen LogP contribution in [0.25, 0.3) is 0 Å². The number of halogens is 2. The highest BCUT2D eigenvalue weighted by molar-refractivity contribution is 5.94. The summed E-state index contributed by atoms with van der Waals surface area (Å²) in [4.78, 5) is 24.2. The van der Waals surface area contributed by atoms with Crippen molar-refractivity contribution in [2.24, 2.45) is 0 Å². The molecule has 0 bridgehead atoms. The molecule has 2 amide bonds. The van der Waals surface area contributed by atoms with Gasteiger partial charge >= 0.3 is 0 Å². The maximum atomic E-state index is 13.6. The van der Waals surface area contributed by atoms with Crippen molar-refractivity contribution in [3.63, 3.8) is 0 Å². The van der Waals surface area contributed by atoms with E-state index in [1.807, 2.05) is 0 Å². The van der Waals surface area contributed by atoms with Crippen LogP contribution in [0, 0.1) is 11.6 Å². The highest BCUT2D eigenvalue weighted by atomic mass is 19.1. The van der Waals surface area contributed by atoms with Gasteiger partial charge in [-0.15, -0.1) is 0 Å². The Balaban J connectivity index is 1.49. The molecule has 0 heterocycles. The Kier molecular flexibility index (Phi) is 7.16. The van der Waals surface area contributed by atoms with Crippen molar-refractivity contribution in [2.45, 2.75) is 6.54 Å². The van der Waals surface area contributed by atoms with E-state index in [0.29, 0.717) is 22.7 Å². The first-order chi connectivity index (χ1) is 14.9. The van der Waals surface area contributed by atoms with Gasteiger partial charge in [-0.3, -0.25) is 9.59 Å². The predicted molar refractivity (Wildman–Crippen MR) is 111 cm³/mol. The fraction of sp³-hybridized carbons (Fsp3) is 0.130. The van der Waals surface area contributed by atoms with Crippen molar-refractivity contribution >= 4 is 17.5 Å². The number of amides is 2. The first-order valence-corrected chi connectivity index (χ1v) is 9.33. The third-order valence-electron chi connectivity index (χ3n) is 4.29. The Bertz CT molecular complexity index is 1070. The molecule has 0 aliphatic carbocycles. The first kappa shape index (κ1) is 21.8. The number of methoxy groups -OCH3 is 1. The summed E-state index contributed by atoms with van der Waals surface area (Å²) < 4.78 is 37.3. The maximum Gasteiger partial charge on any atom is 0.262 e. The van der Waals surface area contributed by atoms with E-state index in [0.717, 1.165) is 18.2 Å². The Morgan fingerprint density at radius 2 is 1.71 bits per heavy atom. The van der Waals surface area contributed by atoms with Crippen molar-refractivity contribution < 1.29 is 27.8 Å². The minimum absolute atomic E-state index is 0.0513. The molecule has 8 heteroatoms. The van der Waals surface area contributed by atoms with E-state index in [-0.39, 0.29) is 24.6 Å². The molecular weight excluding hydrogens is 406 g/mol. The third-order valence-corrected chi connectivity index (χ3v) is 4.29. The van der Waals surface area contributed by atoms with Crippen molar-refractivity contribution in [1.29, 1.82) is 0 Å². The summed E-state index contributed by atoms with van der Waals surface area (Å²) in [6.07, 6.45) is 0. The van der Waals surface area contributed by atoms with Crippen molar-refractivity contribution in [2.75, 3.05) is 19.0 Å². The largest absolute Gasteiger partial charge is 0.497 e. The van der Waals surface area contributed by atoms with Gasteiger partial charge in [-0.25, -0.2) is 8.78 Å². The lowest BCUT2D eigenvalue weighted by atomic mass is 10.1. The Morgan fingerprint density at radius 3 is 2.45 bits per heavy atom. The molecule has 0 saturated heterocycles. The molecule has 160 valence electrons. The van der Waals surface area contributed by atoms with Gasteiger partial charge in [0.25, 0.3) is 11.8 Å². The number of carbonyl (C=O) groups excluding carboxylic acids is 2. The predicted octanol–water partition coefficient (Wildman–Crippen LogP) is 3.92. The summed E-state index contributed by atoms with van der Waals surface area (Å²) in [6, 6.07) is 16.1. The molecule has 0 aromatic heterocycles. The number of nitrogens with one attached hydrogen (secondary N) is 2. The van der Waals surface area contributed by atoms with Crippen LogP contribution in [0.5, 0.6) is 11.5 Å². The molecule has 0 radical (unpaired) electrons. The van der Waals surface area contributed by atoms with Crippen LogP contribution >= 0.6 is 0 Å². The maximum absolute atomic E-state index is 13.6. The van der Waals surface area contributed by atoms with Gasteiger partial charge in [0.1, 0.15) is 23.1 Å². The number of carbonyl (C=O) groups is 2. The van der Waals surface area contributed by atoms with Gasteiger partial charge in [0.15, 0.2) is 6.61 Å². The number of anilines is 1. The second-order valence-corrected chi connectivity index (χ2v) is 6.51. The SMILES string of the molecule is COc1cccc(NC(=O)COc2ccc(C(=O)NCc3cc(F)ccc3F)cc2)c1. The number of rotatable bonds is 8. The van der Waals surface area contributed by atoms with Crippen LogP contribution in [0.15, 0.2) is 66.7 Å². The van der Waals surface area contributed by atoms with Gasteiger partial charge in [-0.1, -0.05) is 6.07 Å². The minimum atomic E-state index is -0.599. The quantitative estimate of drug-likeness (QED) is 0.573. The van der Waals surface area contributed by atoms with E-state index in [1.54, 1.807) is 24.3 Å². The van der Waals surface area contributed by atoms with Gasteiger partial charge in [0.2, 0.25) is 0 Å². The minimum Gasteiger partial charge on any atom is -0.497 e. The Labute approximate surface area is 177 Å². The molecule has 3 aromatic rings. The molecule has 3 rings (SSSR count). The molecule has 2 N–H and O–H groups in total. The molecule has 6 nitrogen and oxygen atoms in total. The van der Waals surface area contributed by atoms with Gasteiger partial charge in [-0.05, 0) is 54.6 Å². The van der Waals surface area contributed by atoms with Crippen molar-refractivity contribution in [3.05, 3.63) is 89.5 Å². The third kappa shape index (κ3) is 6.27. The average molecular weight is 426 g/mol. The van der Waals surface area contributed by atoms with Crippen molar-refractivity contribution in [1.82, 2.24) is 5.32 Å².